The van der Waals surface area contributed by atoms with Crippen molar-refractivity contribution >= 4 is 23.7 Å². The lowest BCUT2D eigenvalue weighted by Gasteiger charge is -2.20. The fraction of sp³-hybridized carbons (Fsp3) is 0.294. The molecule has 1 unspecified atom stereocenters. The standard InChI is InChI=1S/C30H33FN6O4.2C2HF3O2/c1-4-18-15-22(26(31)25(17-18)41-14-13-36(2)3)23(16-19-9-11-20(12-10-19)27(32)33)28-34-30(40)37(35-28)24-8-6-5-7-21(24)29(38)39;2*3-2(4,5)1(6)7/h5-12,15,17,23H,4,13-14,16H2,1-3H3,(H3,32,33)(H,38,39)(H,34,35,40);2*(H,6,7). The molecular weight excluding hydrogens is 753 g/mol. The van der Waals surface area contributed by atoms with Gasteiger partial charge in [-0.15, -0.1) is 5.10 Å². The number of hydrogen-bond donors (Lipinski definition) is 6. The van der Waals surface area contributed by atoms with E-state index < -0.39 is 47.7 Å². The van der Waals surface area contributed by atoms with Crippen LogP contribution in [0.1, 0.15) is 51.3 Å². The number of aromatic amines is 1. The predicted molar refractivity (Wildman–Crippen MR) is 181 cm³/mol. The molecule has 0 aliphatic heterocycles. The SMILES string of the molecule is CCc1cc(OCCN(C)C)c(F)c(C(Cc2ccc(C(=N)N)cc2)c2nn(-c3ccccc3C(=O)O)c(=O)[nH]2)c1.O=C(O)C(F)(F)F.O=C(O)C(F)(F)F. The number of aliphatic carboxylic acids is 2. The van der Waals surface area contributed by atoms with Gasteiger partial charge < -0.3 is 30.7 Å². The lowest BCUT2D eigenvalue weighted by molar-refractivity contribution is -0.193. The minimum Gasteiger partial charge on any atom is -0.489 e. The number of ether oxygens (including phenoxy) is 1. The number of alkyl halides is 6. The van der Waals surface area contributed by atoms with E-state index in [1.54, 1.807) is 48.5 Å². The zero-order chi connectivity index (χ0) is 41.8. The number of halogens is 7. The zero-order valence-electron chi connectivity index (χ0n) is 29.1. The zero-order valence-corrected chi connectivity index (χ0v) is 29.1. The molecule has 1 heterocycles. The van der Waals surface area contributed by atoms with Crippen LogP contribution in [0.25, 0.3) is 5.69 Å². The summed E-state index contributed by atoms with van der Waals surface area (Å²) in [6, 6.07) is 16.4. The summed E-state index contributed by atoms with van der Waals surface area (Å²) in [6.07, 6.45) is -9.30. The average Bonchev–Trinajstić information content (AvgIpc) is 3.48. The molecule has 7 N–H and O–H groups in total. The number of hydrogen-bond acceptors (Lipinski definition) is 8. The van der Waals surface area contributed by atoms with Crippen molar-refractivity contribution in [2.45, 2.75) is 38.0 Å². The van der Waals surface area contributed by atoms with Crippen LogP contribution in [-0.4, -0.2) is 98.3 Å². The highest BCUT2D eigenvalue weighted by Crippen LogP contribution is 2.34. The molecule has 0 saturated heterocycles. The van der Waals surface area contributed by atoms with Crippen molar-refractivity contribution in [2.24, 2.45) is 5.73 Å². The summed E-state index contributed by atoms with van der Waals surface area (Å²) in [6.45, 7) is 2.83. The normalized spacial score (nSPS) is 11.8. The molecule has 0 saturated carbocycles. The maximum absolute atomic E-state index is 16.1. The molecule has 3 aromatic carbocycles. The Bertz CT molecular complexity index is 2000. The first-order chi connectivity index (χ1) is 25.5. The summed E-state index contributed by atoms with van der Waals surface area (Å²) in [5.74, 6) is -7.84. The van der Waals surface area contributed by atoms with E-state index in [1.165, 1.54) is 12.1 Å². The van der Waals surface area contributed by atoms with E-state index in [1.807, 2.05) is 25.9 Å². The van der Waals surface area contributed by atoms with Gasteiger partial charge in [-0.3, -0.25) is 10.4 Å². The Balaban J connectivity index is 0.000000633. The molecular formula is C34H35F7N6O8. The molecule has 0 bridgehead atoms. The summed E-state index contributed by atoms with van der Waals surface area (Å²) in [7, 11) is 3.80. The van der Waals surface area contributed by atoms with Crippen molar-refractivity contribution < 1.29 is 65.2 Å². The highest BCUT2D eigenvalue weighted by molar-refractivity contribution is 5.95. The number of aromatic nitrogens is 3. The number of H-pyrrole nitrogens is 1. The molecule has 1 atom stereocenters. The molecule has 4 rings (SSSR count). The number of para-hydroxylation sites is 1. The largest absolute Gasteiger partial charge is 0.490 e. The van der Waals surface area contributed by atoms with Crippen LogP contribution < -0.4 is 16.2 Å². The number of nitrogen functional groups attached to an aromatic ring is 1. The monoisotopic (exact) mass is 788 g/mol. The number of nitrogens with zero attached hydrogens (tertiary/aromatic N) is 3. The second-order valence-corrected chi connectivity index (χ2v) is 11.5. The molecule has 0 radical (unpaired) electrons. The lowest BCUT2D eigenvalue weighted by Crippen LogP contribution is -2.21. The molecule has 0 spiro atoms. The van der Waals surface area contributed by atoms with Crippen LogP contribution in [0.3, 0.4) is 0 Å². The molecule has 0 aliphatic rings. The minimum atomic E-state index is -5.08. The van der Waals surface area contributed by atoms with Gasteiger partial charge in [-0.05, 0) is 56.3 Å². The third-order valence-corrected chi connectivity index (χ3v) is 7.22. The number of rotatable bonds is 12. The second-order valence-electron chi connectivity index (χ2n) is 11.5. The smallest absolute Gasteiger partial charge is 0.489 e. The van der Waals surface area contributed by atoms with Crippen molar-refractivity contribution in [1.29, 1.82) is 5.41 Å². The Hall–Kier alpha value is -6.25. The van der Waals surface area contributed by atoms with Gasteiger partial charge in [0.25, 0.3) is 0 Å². The molecule has 55 heavy (non-hydrogen) atoms. The van der Waals surface area contributed by atoms with Gasteiger partial charge in [-0.2, -0.15) is 31.0 Å². The van der Waals surface area contributed by atoms with Crippen LogP contribution in [0, 0.1) is 11.2 Å². The fourth-order valence-corrected chi connectivity index (χ4v) is 4.49. The summed E-state index contributed by atoms with van der Waals surface area (Å²) >= 11 is 0. The summed E-state index contributed by atoms with van der Waals surface area (Å²) in [5, 5.41) is 36.0. The van der Waals surface area contributed by atoms with Gasteiger partial charge in [0.15, 0.2) is 11.6 Å². The number of likely N-dealkylation sites (N-methyl/N-ethyl adjacent to an activating group) is 1. The molecule has 298 valence electrons. The summed E-state index contributed by atoms with van der Waals surface area (Å²) < 4.78 is 86.4. The van der Waals surface area contributed by atoms with Gasteiger partial charge in [-0.1, -0.05) is 49.4 Å². The van der Waals surface area contributed by atoms with Crippen LogP contribution in [0.2, 0.25) is 0 Å². The van der Waals surface area contributed by atoms with Gasteiger partial charge in [0.1, 0.15) is 18.3 Å². The van der Waals surface area contributed by atoms with Gasteiger partial charge in [0, 0.05) is 17.7 Å². The lowest BCUT2D eigenvalue weighted by atomic mass is 9.89. The van der Waals surface area contributed by atoms with Crippen LogP contribution in [-0.2, 0) is 22.4 Å². The maximum Gasteiger partial charge on any atom is 0.490 e. The highest BCUT2D eigenvalue weighted by Gasteiger charge is 2.39. The predicted octanol–water partition coefficient (Wildman–Crippen LogP) is 4.83. The average molecular weight is 789 g/mol. The highest BCUT2D eigenvalue weighted by atomic mass is 19.4. The number of carboxylic acid groups (broad SMARTS) is 3. The van der Waals surface area contributed by atoms with Crippen molar-refractivity contribution in [2.75, 3.05) is 27.2 Å². The van der Waals surface area contributed by atoms with Gasteiger partial charge in [0.2, 0.25) is 0 Å². The Labute approximate surface area is 307 Å². The minimum absolute atomic E-state index is 0.0746. The number of amidine groups is 1. The fourth-order valence-electron chi connectivity index (χ4n) is 4.49. The van der Waals surface area contributed by atoms with Gasteiger partial charge >= 0.3 is 36.0 Å². The van der Waals surface area contributed by atoms with Crippen molar-refractivity contribution in [3.63, 3.8) is 0 Å². The first-order valence-electron chi connectivity index (χ1n) is 15.6. The van der Waals surface area contributed by atoms with Crippen LogP contribution >= 0.6 is 0 Å². The number of nitrogens with two attached hydrogens (primary N) is 1. The van der Waals surface area contributed by atoms with E-state index in [4.69, 9.17) is 35.7 Å². The number of aromatic carboxylic acids is 1. The summed E-state index contributed by atoms with van der Waals surface area (Å²) in [4.78, 5) is 47.4. The first kappa shape index (κ1) is 44.9. The third kappa shape index (κ3) is 13.3. The number of carbonyl (C=O) groups is 3. The third-order valence-electron chi connectivity index (χ3n) is 7.22. The van der Waals surface area contributed by atoms with Crippen LogP contribution in [0.15, 0.2) is 65.5 Å². The number of aryl methyl sites for hydroxylation is 1. The second kappa shape index (κ2) is 19.2. The molecule has 0 amide bonds. The van der Waals surface area contributed by atoms with Crippen molar-refractivity contribution in [3.8, 4) is 11.4 Å². The van der Waals surface area contributed by atoms with Crippen LogP contribution in [0.5, 0.6) is 5.75 Å². The molecule has 0 aliphatic carbocycles. The Morgan fingerprint density at radius 1 is 0.945 bits per heavy atom. The number of nitrogens with one attached hydrogen (secondary N) is 2. The van der Waals surface area contributed by atoms with Gasteiger partial charge in [0.05, 0.1) is 17.2 Å². The quantitative estimate of drug-likeness (QED) is 0.0648. The topological polar surface area (TPSA) is 225 Å². The molecule has 14 nitrogen and oxygen atoms in total. The van der Waals surface area contributed by atoms with E-state index in [2.05, 4.69) is 10.1 Å². The van der Waals surface area contributed by atoms with Crippen molar-refractivity contribution in [3.05, 3.63) is 111 Å². The van der Waals surface area contributed by atoms with E-state index in [0.29, 0.717) is 18.5 Å². The van der Waals surface area contributed by atoms with Crippen LogP contribution in [0.4, 0.5) is 30.7 Å². The summed E-state index contributed by atoms with van der Waals surface area (Å²) in [5.41, 5.74) is 7.41. The van der Waals surface area contributed by atoms with Crippen molar-refractivity contribution in [1.82, 2.24) is 19.7 Å². The molecule has 21 heteroatoms. The Morgan fingerprint density at radius 3 is 1.96 bits per heavy atom. The first-order valence-corrected chi connectivity index (χ1v) is 15.6. The molecule has 4 aromatic rings. The molecule has 0 fully saturated rings. The van der Waals surface area contributed by atoms with E-state index in [0.717, 1.165) is 15.8 Å². The van der Waals surface area contributed by atoms with Gasteiger partial charge in [-0.25, -0.2) is 23.6 Å². The van der Waals surface area contributed by atoms with E-state index in [9.17, 15) is 41.0 Å². The van der Waals surface area contributed by atoms with E-state index >= 15 is 4.39 Å². The van der Waals surface area contributed by atoms with E-state index in [-0.39, 0.29) is 47.3 Å². The Kier molecular flexibility index (Phi) is 15.7. The Morgan fingerprint density at radius 2 is 1.49 bits per heavy atom. The molecule has 1 aromatic heterocycles. The maximum atomic E-state index is 16.1. The number of benzene rings is 3. The number of carboxylic acids is 3.